The van der Waals surface area contributed by atoms with Crippen LogP contribution in [0.3, 0.4) is 0 Å². The maximum absolute atomic E-state index is 12.3. The molecule has 0 aromatic carbocycles. The summed E-state index contributed by atoms with van der Waals surface area (Å²) < 4.78 is 7.63. The maximum atomic E-state index is 12.3. The molecule has 0 saturated carbocycles. The monoisotopic (exact) mass is 292 g/mol. The average Bonchev–Trinajstić information content (AvgIpc) is 2.87. The molecule has 0 aliphatic heterocycles. The van der Waals surface area contributed by atoms with Crippen LogP contribution in [0.15, 0.2) is 15.7 Å². The Morgan fingerprint density at radius 1 is 1.35 bits per heavy atom. The van der Waals surface area contributed by atoms with Crippen LogP contribution in [0.2, 0.25) is 0 Å². The van der Waals surface area contributed by atoms with E-state index < -0.39 is 0 Å². The molecule has 0 amide bonds. The SMILES string of the molecule is CCn1c(C)cc(C(=O)CSc2nc(C)c(C)o2)c1C. The van der Waals surface area contributed by atoms with Crippen molar-refractivity contribution >= 4 is 17.5 Å². The minimum absolute atomic E-state index is 0.122. The van der Waals surface area contributed by atoms with Crippen LogP contribution >= 0.6 is 11.8 Å². The van der Waals surface area contributed by atoms with Gasteiger partial charge in [0.15, 0.2) is 5.78 Å². The van der Waals surface area contributed by atoms with Gasteiger partial charge < -0.3 is 8.98 Å². The molecule has 108 valence electrons. The third kappa shape index (κ3) is 2.82. The number of thioether (sulfide) groups is 1. The second kappa shape index (κ2) is 5.87. The number of carbonyl (C=O) groups is 1. The second-order valence-corrected chi connectivity index (χ2v) is 5.79. The Bertz CT molecular complexity index is 621. The number of aromatic nitrogens is 2. The number of carbonyl (C=O) groups excluding carboxylic acids is 1. The third-order valence-corrected chi connectivity index (χ3v) is 4.35. The van der Waals surface area contributed by atoms with Crippen molar-refractivity contribution in [2.75, 3.05) is 5.75 Å². The quantitative estimate of drug-likeness (QED) is 0.622. The molecule has 0 aliphatic carbocycles. The predicted octanol–water partition coefficient (Wildman–Crippen LogP) is 3.70. The van der Waals surface area contributed by atoms with Crippen LogP contribution in [0.25, 0.3) is 0 Å². The molecule has 0 spiro atoms. The topological polar surface area (TPSA) is 48.0 Å². The Morgan fingerprint density at radius 3 is 2.55 bits per heavy atom. The van der Waals surface area contributed by atoms with Gasteiger partial charge in [-0.15, -0.1) is 0 Å². The van der Waals surface area contributed by atoms with Crippen molar-refractivity contribution in [2.24, 2.45) is 0 Å². The lowest BCUT2D eigenvalue weighted by atomic mass is 10.2. The van der Waals surface area contributed by atoms with Gasteiger partial charge in [0.25, 0.3) is 5.22 Å². The molecule has 0 bridgehead atoms. The summed E-state index contributed by atoms with van der Waals surface area (Å²) in [7, 11) is 0. The normalized spacial score (nSPS) is 11.1. The van der Waals surface area contributed by atoms with Gasteiger partial charge in [-0.05, 0) is 40.7 Å². The molecular formula is C15H20N2O2S. The summed E-state index contributed by atoms with van der Waals surface area (Å²) in [5.41, 5.74) is 3.84. The van der Waals surface area contributed by atoms with Crippen molar-refractivity contribution in [3.05, 3.63) is 34.5 Å². The zero-order valence-electron chi connectivity index (χ0n) is 12.6. The number of oxazole rings is 1. The lowest BCUT2D eigenvalue weighted by Crippen LogP contribution is -2.05. The van der Waals surface area contributed by atoms with Gasteiger partial charge in [0.2, 0.25) is 0 Å². The highest BCUT2D eigenvalue weighted by Crippen LogP contribution is 2.23. The van der Waals surface area contributed by atoms with Crippen molar-refractivity contribution in [3.63, 3.8) is 0 Å². The first kappa shape index (κ1) is 14.9. The Kier molecular flexibility index (Phi) is 4.38. The fourth-order valence-electron chi connectivity index (χ4n) is 2.28. The van der Waals surface area contributed by atoms with Gasteiger partial charge >= 0.3 is 0 Å². The van der Waals surface area contributed by atoms with Gasteiger partial charge in [-0.3, -0.25) is 4.79 Å². The van der Waals surface area contributed by atoms with E-state index in [0.717, 1.165) is 35.0 Å². The number of aryl methyl sites for hydroxylation is 3. The van der Waals surface area contributed by atoms with Gasteiger partial charge in [-0.25, -0.2) is 4.98 Å². The maximum Gasteiger partial charge on any atom is 0.256 e. The van der Waals surface area contributed by atoms with Crippen molar-refractivity contribution < 1.29 is 9.21 Å². The molecule has 0 fully saturated rings. The van der Waals surface area contributed by atoms with E-state index in [2.05, 4.69) is 16.5 Å². The molecule has 0 aliphatic rings. The summed E-state index contributed by atoms with van der Waals surface area (Å²) >= 11 is 1.35. The van der Waals surface area contributed by atoms with E-state index in [4.69, 9.17) is 4.42 Å². The molecule has 0 unspecified atom stereocenters. The minimum Gasteiger partial charge on any atom is -0.437 e. The molecule has 0 radical (unpaired) electrons. The van der Waals surface area contributed by atoms with E-state index in [-0.39, 0.29) is 5.78 Å². The largest absolute Gasteiger partial charge is 0.437 e. The van der Waals surface area contributed by atoms with Crippen LogP contribution in [0.5, 0.6) is 0 Å². The van der Waals surface area contributed by atoms with Gasteiger partial charge in [-0.1, -0.05) is 11.8 Å². The third-order valence-electron chi connectivity index (χ3n) is 3.53. The number of Topliss-reactive ketones (excluding diaryl/α,β-unsaturated/α-hetero) is 1. The molecule has 2 rings (SSSR count). The minimum atomic E-state index is 0.122. The second-order valence-electron chi connectivity index (χ2n) is 4.86. The fraction of sp³-hybridized carbons (Fsp3) is 0.467. The highest BCUT2D eigenvalue weighted by Gasteiger charge is 2.16. The van der Waals surface area contributed by atoms with E-state index in [0.29, 0.717) is 11.0 Å². The van der Waals surface area contributed by atoms with E-state index in [1.807, 2.05) is 33.8 Å². The highest BCUT2D eigenvalue weighted by molar-refractivity contribution is 7.99. The molecule has 4 nitrogen and oxygen atoms in total. The fourth-order valence-corrected chi connectivity index (χ4v) is 3.08. The predicted molar refractivity (Wildman–Crippen MR) is 80.6 cm³/mol. The molecule has 2 heterocycles. The molecule has 0 atom stereocenters. The zero-order valence-corrected chi connectivity index (χ0v) is 13.4. The van der Waals surface area contributed by atoms with Crippen molar-refractivity contribution in [3.8, 4) is 0 Å². The first-order valence-electron chi connectivity index (χ1n) is 6.70. The summed E-state index contributed by atoms with van der Waals surface area (Å²) in [6, 6.07) is 1.97. The van der Waals surface area contributed by atoms with Crippen molar-refractivity contribution in [1.82, 2.24) is 9.55 Å². The Labute approximate surface area is 123 Å². The molecule has 2 aromatic rings. The van der Waals surface area contributed by atoms with Crippen LogP contribution in [-0.4, -0.2) is 21.1 Å². The summed E-state index contributed by atoms with van der Waals surface area (Å²) in [6.45, 7) is 10.8. The van der Waals surface area contributed by atoms with Crippen molar-refractivity contribution in [2.45, 2.75) is 46.4 Å². The van der Waals surface area contributed by atoms with Crippen LogP contribution < -0.4 is 0 Å². The molecule has 20 heavy (non-hydrogen) atoms. The van der Waals surface area contributed by atoms with E-state index >= 15 is 0 Å². The Balaban J connectivity index is 2.09. The smallest absolute Gasteiger partial charge is 0.256 e. The van der Waals surface area contributed by atoms with Crippen LogP contribution in [0, 0.1) is 27.7 Å². The van der Waals surface area contributed by atoms with E-state index in [1.54, 1.807) is 0 Å². The van der Waals surface area contributed by atoms with E-state index in [1.165, 1.54) is 11.8 Å². The van der Waals surface area contributed by atoms with Crippen LogP contribution in [0.4, 0.5) is 0 Å². The molecule has 0 N–H and O–H groups in total. The van der Waals surface area contributed by atoms with Crippen LogP contribution in [-0.2, 0) is 6.54 Å². The summed E-state index contributed by atoms with van der Waals surface area (Å²) in [5, 5.41) is 0.567. The summed E-state index contributed by atoms with van der Waals surface area (Å²) in [4.78, 5) is 16.6. The molecule has 0 saturated heterocycles. The number of ketones is 1. The summed E-state index contributed by atoms with van der Waals surface area (Å²) in [6.07, 6.45) is 0. The van der Waals surface area contributed by atoms with Gasteiger partial charge in [0.05, 0.1) is 11.4 Å². The van der Waals surface area contributed by atoms with Crippen LogP contribution in [0.1, 0.15) is 40.1 Å². The Hall–Kier alpha value is -1.49. The number of hydrogen-bond donors (Lipinski definition) is 0. The van der Waals surface area contributed by atoms with Gasteiger partial charge in [0.1, 0.15) is 5.76 Å². The standard InChI is InChI=1S/C15H20N2O2S/c1-6-17-9(2)7-13(11(17)4)14(18)8-20-15-16-10(3)12(5)19-15/h7H,6,8H2,1-5H3. The first-order valence-corrected chi connectivity index (χ1v) is 7.69. The number of hydrogen-bond acceptors (Lipinski definition) is 4. The summed E-state index contributed by atoms with van der Waals surface area (Å²) in [5.74, 6) is 1.29. The van der Waals surface area contributed by atoms with Gasteiger partial charge in [-0.2, -0.15) is 0 Å². The Morgan fingerprint density at radius 2 is 2.05 bits per heavy atom. The van der Waals surface area contributed by atoms with E-state index in [9.17, 15) is 4.79 Å². The van der Waals surface area contributed by atoms with Gasteiger partial charge in [0, 0.05) is 23.5 Å². The average molecular weight is 292 g/mol. The van der Waals surface area contributed by atoms with Crippen molar-refractivity contribution in [1.29, 1.82) is 0 Å². The highest BCUT2D eigenvalue weighted by atomic mass is 32.2. The lowest BCUT2D eigenvalue weighted by molar-refractivity contribution is 0.102. The first-order chi connectivity index (χ1) is 9.43. The lowest BCUT2D eigenvalue weighted by Gasteiger charge is -2.05. The number of rotatable bonds is 5. The zero-order chi connectivity index (χ0) is 14.9. The molecular weight excluding hydrogens is 272 g/mol. The molecule has 5 heteroatoms. The molecule has 2 aromatic heterocycles. The number of nitrogens with zero attached hydrogens (tertiary/aromatic N) is 2.